The normalized spacial score (nSPS) is 10.7. The Hall–Kier alpha value is -3.84. The first-order chi connectivity index (χ1) is 15.4. The van der Waals surface area contributed by atoms with Crippen LogP contribution < -0.4 is 10.1 Å². The summed E-state index contributed by atoms with van der Waals surface area (Å²) in [6.45, 7) is 1.38. The lowest BCUT2D eigenvalue weighted by atomic mass is 10.2. The number of aromatic nitrogens is 2. The van der Waals surface area contributed by atoms with Gasteiger partial charge in [-0.1, -0.05) is 17.7 Å². The number of nitrogens with zero attached hydrogens (tertiary/aromatic N) is 1. The molecule has 0 fully saturated rings. The molecule has 0 aliphatic rings. The van der Waals surface area contributed by atoms with E-state index in [0.717, 1.165) is 16.9 Å². The predicted molar refractivity (Wildman–Crippen MR) is 123 cm³/mol. The van der Waals surface area contributed by atoms with Crippen LogP contribution in [0.3, 0.4) is 0 Å². The lowest BCUT2D eigenvalue weighted by molar-refractivity contribution is -0.119. The Balaban J connectivity index is 1.43. The third-order valence-corrected chi connectivity index (χ3v) is 5.37. The van der Waals surface area contributed by atoms with Crippen LogP contribution in [0.5, 0.6) is 5.75 Å². The second kappa shape index (κ2) is 9.11. The monoisotopic (exact) mass is 449 g/mol. The Bertz CT molecular complexity index is 1300. The van der Waals surface area contributed by atoms with Crippen molar-refractivity contribution < 1.29 is 19.1 Å². The summed E-state index contributed by atoms with van der Waals surface area (Å²) in [5.41, 5.74) is 3.91. The van der Waals surface area contributed by atoms with Crippen molar-refractivity contribution in [3.8, 4) is 17.1 Å². The minimum absolute atomic E-state index is 0.314. The lowest BCUT2D eigenvalue weighted by Crippen LogP contribution is -2.21. The van der Waals surface area contributed by atoms with E-state index in [9.17, 15) is 9.59 Å². The number of benzene rings is 3. The maximum Gasteiger partial charge on any atom is 0.338 e. The molecule has 0 unspecified atom stereocenters. The molecule has 3 aromatic carbocycles. The fourth-order valence-electron chi connectivity index (χ4n) is 3.17. The molecule has 8 heteroatoms. The number of carbonyl (C=O) groups is 2. The van der Waals surface area contributed by atoms with Gasteiger partial charge in [0, 0.05) is 16.3 Å². The average molecular weight is 450 g/mol. The molecule has 1 aromatic heterocycles. The zero-order valence-electron chi connectivity index (χ0n) is 17.4. The molecule has 0 aliphatic heterocycles. The molecule has 32 heavy (non-hydrogen) atoms. The van der Waals surface area contributed by atoms with E-state index in [1.807, 2.05) is 24.3 Å². The van der Waals surface area contributed by atoms with E-state index >= 15 is 0 Å². The first kappa shape index (κ1) is 21.4. The van der Waals surface area contributed by atoms with Gasteiger partial charge in [-0.15, -0.1) is 0 Å². The van der Waals surface area contributed by atoms with Crippen LogP contribution in [-0.4, -0.2) is 35.6 Å². The molecule has 0 spiro atoms. The van der Waals surface area contributed by atoms with Gasteiger partial charge in [-0.25, -0.2) is 9.78 Å². The van der Waals surface area contributed by atoms with E-state index in [4.69, 9.17) is 21.1 Å². The van der Waals surface area contributed by atoms with Gasteiger partial charge in [0.15, 0.2) is 6.61 Å². The standard InChI is InChI=1S/C24H20ClN3O4/c1-14-18(25)4-3-5-19(14)26-22(29)13-32-24(30)16-8-11-20-21(12-16)28-23(27-20)15-6-9-17(31-2)10-7-15/h3-12H,13H2,1-2H3,(H,26,29)(H,27,28). The summed E-state index contributed by atoms with van der Waals surface area (Å²) in [7, 11) is 1.61. The number of amides is 1. The number of ether oxygens (including phenoxy) is 2. The average Bonchev–Trinajstić information content (AvgIpc) is 3.24. The highest BCUT2D eigenvalue weighted by molar-refractivity contribution is 6.31. The third-order valence-electron chi connectivity index (χ3n) is 4.96. The number of aromatic amines is 1. The molecule has 162 valence electrons. The maximum atomic E-state index is 12.4. The Labute approximate surface area is 189 Å². The van der Waals surface area contributed by atoms with Crippen molar-refractivity contribution in [2.75, 3.05) is 19.0 Å². The van der Waals surface area contributed by atoms with Crippen LogP contribution in [0.1, 0.15) is 15.9 Å². The van der Waals surface area contributed by atoms with Crippen molar-refractivity contribution in [3.05, 3.63) is 76.8 Å². The molecular formula is C24H20ClN3O4. The third kappa shape index (κ3) is 4.58. The zero-order chi connectivity index (χ0) is 22.7. The summed E-state index contributed by atoms with van der Waals surface area (Å²) in [5.74, 6) is 0.368. The van der Waals surface area contributed by atoms with Gasteiger partial charge in [-0.3, -0.25) is 4.79 Å². The van der Waals surface area contributed by atoms with E-state index in [0.29, 0.717) is 33.1 Å². The van der Waals surface area contributed by atoms with Crippen LogP contribution in [-0.2, 0) is 9.53 Å². The molecule has 2 N–H and O–H groups in total. The number of imidazole rings is 1. The number of halogens is 1. The summed E-state index contributed by atoms with van der Waals surface area (Å²) in [5, 5.41) is 3.23. The largest absolute Gasteiger partial charge is 0.497 e. The number of carbonyl (C=O) groups excluding carboxylic acids is 2. The van der Waals surface area contributed by atoms with Crippen LogP contribution >= 0.6 is 11.6 Å². The van der Waals surface area contributed by atoms with Crippen LogP contribution in [0.2, 0.25) is 5.02 Å². The number of nitrogens with one attached hydrogen (secondary N) is 2. The van der Waals surface area contributed by atoms with Gasteiger partial charge in [-0.2, -0.15) is 0 Å². The summed E-state index contributed by atoms with van der Waals surface area (Å²) in [6.07, 6.45) is 0. The van der Waals surface area contributed by atoms with Crippen molar-refractivity contribution in [1.29, 1.82) is 0 Å². The van der Waals surface area contributed by atoms with Gasteiger partial charge in [-0.05, 0) is 67.1 Å². The van der Waals surface area contributed by atoms with Crippen molar-refractivity contribution in [2.24, 2.45) is 0 Å². The van der Waals surface area contributed by atoms with Gasteiger partial charge in [0.05, 0.1) is 23.7 Å². The summed E-state index contributed by atoms with van der Waals surface area (Å²) < 4.78 is 10.3. The van der Waals surface area contributed by atoms with E-state index < -0.39 is 18.5 Å². The molecule has 1 amide bonds. The molecule has 0 saturated heterocycles. The summed E-state index contributed by atoms with van der Waals surface area (Å²) in [4.78, 5) is 32.4. The summed E-state index contributed by atoms with van der Waals surface area (Å²) in [6, 6.07) is 17.7. The number of esters is 1. The Morgan fingerprint density at radius 3 is 2.62 bits per heavy atom. The smallest absolute Gasteiger partial charge is 0.338 e. The highest BCUT2D eigenvalue weighted by Crippen LogP contribution is 2.24. The highest BCUT2D eigenvalue weighted by atomic mass is 35.5. The topological polar surface area (TPSA) is 93.3 Å². The van der Waals surface area contributed by atoms with Crippen molar-refractivity contribution >= 4 is 40.2 Å². The first-order valence-electron chi connectivity index (χ1n) is 9.81. The highest BCUT2D eigenvalue weighted by Gasteiger charge is 2.14. The van der Waals surface area contributed by atoms with Gasteiger partial charge >= 0.3 is 5.97 Å². The number of hydrogen-bond acceptors (Lipinski definition) is 5. The lowest BCUT2D eigenvalue weighted by Gasteiger charge is -2.10. The number of H-pyrrole nitrogens is 1. The number of methoxy groups -OCH3 is 1. The molecule has 0 radical (unpaired) electrons. The minimum atomic E-state index is -0.606. The molecule has 0 bridgehead atoms. The molecule has 4 rings (SSSR count). The molecule has 7 nitrogen and oxygen atoms in total. The summed E-state index contributed by atoms with van der Waals surface area (Å²) >= 11 is 6.06. The van der Waals surface area contributed by atoms with E-state index in [-0.39, 0.29) is 0 Å². The van der Waals surface area contributed by atoms with Crippen LogP contribution in [0.25, 0.3) is 22.4 Å². The molecule has 0 saturated carbocycles. The number of fused-ring (bicyclic) bond motifs is 1. The second-order valence-electron chi connectivity index (χ2n) is 7.08. The fourth-order valence-corrected chi connectivity index (χ4v) is 3.34. The molecule has 4 aromatic rings. The molecular weight excluding hydrogens is 430 g/mol. The van der Waals surface area contributed by atoms with Gasteiger partial charge in [0.2, 0.25) is 0 Å². The van der Waals surface area contributed by atoms with Crippen molar-refractivity contribution in [3.63, 3.8) is 0 Å². The van der Waals surface area contributed by atoms with Crippen LogP contribution in [0.15, 0.2) is 60.7 Å². The molecule has 0 atom stereocenters. The molecule has 0 aliphatic carbocycles. The van der Waals surface area contributed by atoms with Crippen LogP contribution in [0, 0.1) is 6.92 Å². The molecule has 1 heterocycles. The Kier molecular flexibility index (Phi) is 6.09. The quantitative estimate of drug-likeness (QED) is 0.404. The predicted octanol–water partition coefficient (Wildman–Crippen LogP) is 5.00. The Morgan fingerprint density at radius 2 is 1.88 bits per heavy atom. The number of hydrogen-bond donors (Lipinski definition) is 2. The first-order valence-corrected chi connectivity index (χ1v) is 10.2. The van der Waals surface area contributed by atoms with Gasteiger partial charge in [0.25, 0.3) is 5.91 Å². The minimum Gasteiger partial charge on any atom is -0.497 e. The number of anilines is 1. The van der Waals surface area contributed by atoms with Crippen molar-refractivity contribution in [1.82, 2.24) is 9.97 Å². The van der Waals surface area contributed by atoms with E-state index in [2.05, 4.69) is 15.3 Å². The van der Waals surface area contributed by atoms with Gasteiger partial charge in [0.1, 0.15) is 11.6 Å². The van der Waals surface area contributed by atoms with Gasteiger partial charge < -0.3 is 19.8 Å². The van der Waals surface area contributed by atoms with Crippen molar-refractivity contribution in [2.45, 2.75) is 6.92 Å². The van der Waals surface area contributed by atoms with Crippen LogP contribution in [0.4, 0.5) is 5.69 Å². The SMILES string of the molecule is COc1ccc(-c2nc3ccc(C(=O)OCC(=O)Nc4cccc(Cl)c4C)cc3[nH]2)cc1. The Morgan fingerprint density at radius 1 is 1.09 bits per heavy atom. The fraction of sp³-hybridized carbons (Fsp3) is 0.125. The van der Waals surface area contributed by atoms with E-state index in [1.54, 1.807) is 50.4 Å². The second-order valence-corrected chi connectivity index (χ2v) is 7.49. The number of rotatable bonds is 6. The maximum absolute atomic E-state index is 12.4. The zero-order valence-corrected chi connectivity index (χ0v) is 18.2. The van der Waals surface area contributed by atoms with E-state index in [1.165, 1.54) is 0 Å².